The Labute approximate surface area is 108 Å². The zero-order valence-corrected chi connectivity index (χ0v) is 11.4. The Bertz CT molecular complexity index is 305. The van der Waals surface area contributed by atoms with Crippen molar-refractivity contribution in [2.75, 3.05) is 20.8 Å². The first-order valence-corrected chi connectivity index (χ1v) is 6.47. The Morgan fingerprint density at radius 1 is 1.33 bits per heavy atom. The summed E-state index contributed by atoms with van der Waals surface area (Å²) in [6.07, 6.45) is 3.13. The topological polar surface area (TPSA) is 66.8 Å². The number of amides is 1. The van der Waals surface area contributed by atoms with Gasteiger partial charge >= 0.3 is 5.97 Å². The van der Waals surface area contributed by atoms with E-state index in [9.17, 15) is 14.7 Å². The van der Waals surface area contributed by atoms with Crippen molar-refractivity contribution in [3.05, 3.63) is 0 Å². The molecule has 0 aromatic rings. The molecule has 1 N–H and O–H groups in total. The highest BCUT2D eigenvalue weighted by Crippen LogP contribution is 2.31. The smallest absolute Gasteiger partial charge is 0.307 e. The van der Waals surface area contributed by atoms with Crippen molar-refractivity contribution < 1.29 is 19.4 Å². The summed E-state index contributed by atoms with van der Waals surface area (Å²) in [7, 11) is 3.31. The molecule has 104 valence electrons. The van der Waals surface area contributed by atoms with Gasteiger partial charge in [-0.25, -0.2) is 0 Å². The predicted octanol–water partition coefficient (Wildman–Crippen LogP) is 1.37. The fraction of sp³-hybridized carbons (Fsp3) is 0.846. The molecule has 1 saturated carbocycles. The Morgan fingerprint density at radius 2 is 1.89 bits per heavy atom. The van der Waals surface area contributed by atoms with Crippen LogP contribution in [0.1, 0.15) is 32.6 Å². The number of likely N-dealkylation sites (N-methyl/N-ethyl adjacent to an activating group) is 1. The number of carboxylic acid groups (broad SMARTS) is 1. The fourth-order valence-corrected chi connectivity index (χ4v) is 2.55. The maximum Gasteiger partial charge on any atom is 0.307 e. The van der Waals surface area contributed by atoms with Gasteiger partial charge in [0, 0.05) is 14.2 Å². The molecule has 0 aliphatic heterocycles. The number of ether oxygens (including phenoxy) is 1. The van der Waals surface area contributed by atoms with Gasteiger partial charge in [-0.15, -0.1) is 0 Å². The molecule has 18 heavy (non-hydrogen) atoms. The molecular formula is C13H23NO4. The predicted molar refractivity (Wildman–Crippen MR) is 67.2 cm³/mol. The summed E-state index contributed by atoms with van der Waals surface area (Å²) in [6.45, 7) is 2.37. The molecule has 1 aliphatic carbocycles. The molecular weight excluding hydrogens is 234 g/mol. The van der Waals surface area contributed by atoms with Gasteiger partial charge in [0.25, 0.3) is 0 Å². The molecule has 0 aromatic carbocycles. The number of aliphatic carboxylic acids is 1. The number of carboxylic acids is 1. The van der Waals surface area contributed by atoms with Crippen molar-refractivity contribution in [1.29, 1.82) is 0 Å². The molecule has 1 rings (SSSR count). The second-order valence-electron chi connectivity index (χ2n) is 5.09. The number of hydrogen-bond acceptors (Lipinski definition) is 3. The Kier molecular flexibility index (Phi) is 5.59. The molecule has 1 unspecified atom stereocenters. The van der Waals surface area contributed by atoms with E-state index in [0.29, 0.717) is 19.4 Å². The van der Waals surface area contributed by atoms with E-state index in [2.05, 4.69) is 0 Å². The van der Waals surface area contributed by atoms with Crippen LogP contribution in [-0.2, 0) is 14.3 Å². The lowest BCUT2D eigenvalue weighted by atomic mass is 9.78. The molecule has 0 heterocycles. The number of carbonyl (C=O) groups excluding carboxylic acids is 1. The molecule has 1 fully saturated rings. The first kappa shape index (κ1) is 15.0. The van der Waals surface area contributed by atoms with Crippen LogP contribution in [0.15, 0.2) is 0 Å². The third kappa shape index (κ3) is 3.45. The van der Waals surface area contributed by atoms with Crippen LogP contribution >= 0.6 is 0 Å². The molecule has 5 heteroatoms. The van der Waals surface area contributed by atoms with Gasteiger partial charge in [-0.05, 0) is 19.8 Å². The minimum Gasteiger partial charge on any atom is -0.481 e. The molecule has 3 atom stereocenters. The van der Waals surface area contributed by atoms with E-state index in [1.54, 1.807) is 19.1 Å². The zero-order chi connectivity index (χ0) is 13.7. The van der Waals surface area contributed by atoms with Gasteiger partial charge in [-0.3, -0.25) is 9.59 Å². The highest BCUT2D eigenvalue weighted by Gasteiger charge is 2.37. The summed E-state index contributed by atoms with van der Waals surface area (Å²) in [5, 5.41) is 9.19. The second-order valence-corrected chi connectivity index (χ2v) is 5.09. The van der Waals surface area contributed by atoms with Crippen LogP contribution in [0.4, 0.5) is 0 Å². The summed E-state index contributed by atoms with van der Waals surface area (Å²) in [5.41, 5.74) is 0. The van der Waals surface area contributed by atoms with E-state index in [0.717, 1.165) is 12.8 Å². The van der Waals surface area contributed by atoms with Gasteiger partial charge in [-0.2, -0.15) is 0 Å². The lowest BCUT2D eigenvalue weighted by Gasteiger charge is -2.33. The maximum atomic E-state index is 12.3. The molecule has 1 aliphatic rings. The van der Waals surface area contributed by atoms with E-state index in [1.165, 1.54) is 0 Å². The average Bonchev–Trinajstić information content (AvgIpc) is 2.37. The van der Waals surface area contributed by atoms with E-state index >= 15 is 0 Å². The largest absolute Gasteiger partial charge is 0.481 e. The summed E-state index contributed by atoms with van der Waals surface area (Å²) in [6, 6.07) is -0.0288. The SMILES string of the molecule is COCC(C)N(C)C(=O)[C@@H]1CCCC[C@@H]1C(=O)O. The lowest BCUT2D eigenvalue weighted by molar-refractivity contribution is -0.152. The number of methoxy groups -OCH3 is 1. The minimum atomic E-state index is -0.846. The highest BCUT2D eigenvalue weighted by atomic mass is 16.5. The highest BCUT2D eigenvalue weighted by molar-refractivity contribution is 5.85. The maximum absolute atomic E-state index is 12.3. The van der Waals surface area contributed by atoms with E-state index in [4.69, 9.17) is 4.74 Å². The summed E-state index contributed by atoms with van der Waals surface area (Å²) >= 11 is 0. The number of carbonyl (C=O) groups is 2. The van der Waals surface area contributed by atoms with Crippen LogP contribution in [0.25, 0.3) is 0 Å². The summed E-state index contributed by atoms with van der Waals surface area (Å²) in [4.78, 5) is 25.1. The molecule has 0 bridgehead atoms. The molecule has 0 radical (unpaired) electrons. The minimum absolute atomic E-state index is 0.0288. The first-order chi connectivity index (χ1) is 8.49. The molecule has 0 saturated heterocycles. The third-order valence-corrected chi connectivity index (χ3v) is 3.82. The van der Waals surface area contributed by atoms with Gasteiger partial charge in [0.1, 0.15) is 0 Å². The zero-order valence-electron chi connectivity index (χ0n) is 11.4. The standard InChI is InChI=1S/C13H23NO4/c1-9(8-18-3)14(2)12(15)10-6-4-5-7-11(10)13(16)17/h9-11H,4-8H2,1-3H3,(H,16,17)/t9?,10-,11+/m1/s1. The van der Waals surface area contributed by atoms with Crippen molar-refractivity contribution in [1.82, 2.24) is 4.90 Å². The van der Waals surface area contributed by atoms with E-state index in [-0.39, 0.29) is 17.9 Å². The lowest BCUT2D eigenvalue weighted by Crippen LogP contribution is -2.45. The van der Waals surface area contributed by atoms with Gasteiger partial charge in [0.2, 0.25) is 5.91 Å². The number of hydrogen-bond donors (Lipinski definition) is 1. The van der Waals surface area contributed by atoms with E-state index in [1.807, 2.05) is 6.92 Å². The van der Waals surface area contributed by atoms with Crippen molar-refractivity contribution in [3.8, 4) is 0 Å². The van der Waals surface area contributed by atoms with E-state index < -0.39 is 11.9 Å². The first-order valence-electron chi connectivity index (χ1n) is 6.47. The number of nitrogens with zero attached hydrogens (tertiary/aromatic N) is 1. The quantitative estimate of drug-likeness (QED) is 0.807. The van der Waals surface area contributed by atoms with Gasteiger partial charge < -0.3 is 14.7 Å². The fourth-order valence-electron chi connectivity index (χ4n) is 2.55. The Morgan fingerprint density at radius 3 is 2.39 bits per heavy atom. The van der Waals surface area contributed by atoms with Crippen molar-refractivity contribution in [2.45, 2.75) is 38.6 Å². The van der Waals surface area contributed by atoms with Crippen LogP contribution in [0.2, 0.25) is 0 Å². The second kappa shape index (κ2) is 6.73. The van der Waals surface area contributed by atoms with Crippen molar-refractivity contribution in [3.63, 3.8) is 0 Å². The Balaban J connectivity index is 2.70. The van der Waals surface area contributed by atoms with Crippen LogP contribution in [0.3, 0.4) is 0 Å². The van der Waals surface area contributed by atoms with Crippen LogP contribution in [-0.4, -0.2) is 48.7 Å². The molecule has 5 nitrogen and oxygen atoms in total. The van der Waals surface area contributed by atoms with Gasteiger partial charge in [0.15, 0.2) is 0 Å². The van der Waals surface area contributed by atoms with Crippen molar-refractivity contribution >= 4 is 11.9 Å². The summed E-state index contributed by atoms with van der Waals surface area (Å²) < 4.78 is 5.03. The molecule has 1 amide bonds. The monoisotopic (exact) mass is 257 g/mol. The summed E-state index contributed by atoms with van der Waals surface area (Å²) in [5.74, 6) is -1.81. The Hall–Kier alpha value is -1.10. The van der Waals surface area contributed by atoms with Crippen molar-refractivity contribution in [2.24, 2.45) is 11.8 Å². The van der Waals surface area contributed by atoms with Crippen LogP contribution in [0, 0.1) is 11.8 Å². The number of rotatable bonds is 5. The normalized spacial score (nSPS) is 25.5. The average molecular weight is 257 g/mol. The van der Waals surface area contributed by atoms with Gasteiger partial charge in [-0.1, -0.05) is 12.8 Å². The van der Waals surface area contributed by atoms with Crippen LogP contribution in [0.5, 0.6) is 0 Å². The van der Waals surface area contributed by atoms with Crippen LogP contribution < -0.4 is 0 Å². The molecule has 0 spiro atoms. The molecule has 0 aromatic heterocycles. The van der Waals surface area contributed by atoms with Gasteiger partial charge in [0.05, 0.1) is 24.5 Å². The third-order valence-electron chi connectivity index (χ3n) is 3.82.